The van der Waals surface area contributed by atoms with Crippen LogP contribution in [0.3, 0.4) is 0 Å². The molecule has 0 aliphatic heterocycles. The molecule has 0 aliphatic rings. The average molecular weight is 284 g/mol. The van der Waals surface area contributed by atoms with Crippen molar-refractivity contribution in [3.63, 3.8) is 0 Å². The van der Waals surface area contributed by atoms with Gasteiger partial charge < -0.3 is 10.1 Å². The van der Waals surface area contributed by atoms with Gasteiger partial charge in [0.05, 0.1) is 19.3 Å². The van der Waals surface area contributed by atoms with Crippen LogP contribution in [-0.2, 0) is 0 Å². The fourth-order valence-corrected chi connectivity index (χ4v) is 3.53. The summed E-state index contributed by atoms with van der Waals surface area (Å²) < 4.78 is 6.56. The zero-order valence-corrected chi connectivity index (χ0v) is 12.3. The summed E-state index contributed by atoms with van der Waals surface area (Å²) in [6.07, 6.45) is 3.61. The Kier molecular flexibility index (Phi) is 3.67. The monoisotopic (exact) mass is 284 g/mol. The highest BCUT2D eigenvalue weighted by Crippen LogP contribution is 2.33. The Hall–Kier alpha value is -1.91. The van der Waals surface area contributed by atoms with E-state index in [4.69, 9.17) is 4.74 Å². The number of rotatable bonds is 4. The third-order valence-electron chi connectivity index (χ3n) is 3.32. The predicted octanol–water partition coefficient (Wildman–Crippen LogP) is 3.61. The molecule has 0 saturated carbocycles. The number of hydrogen-bond acceptors (Lipinski definition) is 4. The van der Waals surface area contributed by atoms with Gasteiger partial charge >= 0.3 is 0 Å². The largest absolute Gasteiger partial charge is 0.495 e. The molecule has 1 aromatic carbocycles. The molecular formula is C16H16N2OS. The Morgan fingerprint density at radius 3 is 2.80 bits per heavy atom. The summed E-state index contributed by atoms with van der Waals surface area (Å²) in [5.41, 5.74) is 1.11. The third-order valence-corrected chi connectivity index (χ3v) is 4.50. The van der Waals surface area contributed by atoms with Crippen LogP contribution < -0.4 is 10.1 Å². The molecule has 2 aromatic heterocycles. The van der Waals surface area contributed by atoms with Gasteiger partial charge in [0.1, 0.15) is 5.75 Å². The number of nitrogens with zero attached hydrogens (tertiary/aromatic N) is 1. The lowest BCUT2D eigenvalue weighted by Crippen LogP contribution is -2.16. The highest BCUT2D eigenvalue weighted by molar-refractivity contribution is 7.19. The van der Waals surface area contributed by atoms with Crippen LogP contribution in [0.5, 0.6) is 5.75 Å². The minimum Gasteiger partial charge on any atom is -0.495 e. The molecule has 0 amide bonds. The smallest absolute Gasteiger partial charge is 0.137 e. The first kappa shape index (κ1) is 13.1. The van der Waals surface area contributed by atoms with Crippen molar-refractivity contribution in [1.29, 1.82) is 0 Å². The second-order valence-electron chi connectivity index (χ2n) is 4.57. The van der Waals surface area contributed by atoms with Gasteiger partial charge in [0, 0.05) is 15.8 Å². The molecule has 20 heavy (non-hydrogen) atoms. The van der Waals surface area contributed by atoms with Gasteiger partial charge in [-0.15, -0.1) is 11.3 Å². The Labute approximate surface area is 122 Å². The first-order valence-electron chi connectivity index (χ1n) is 6.46. The molecule has 102 valence electrons. The quantitative estimate of drug-likeness (QED) is 0.794. The maximum atomic E-state index is 5.26. The van der Waals surface area contributed by atoms with Gasteiger partial charge in [0.15, 0.2) is 0 Å². The van der Waals surface area contributed by atoms with Crippen molar-refractivity contribution in [2.75, 3.05) is 14.2 Å². The molecule has 1 N–H and O–H groups in total. The maximum absolute atomic E-state index is 5.26. The summed E-state index contributed by atoms with van der Waals surface area (Å²) in [6, 6.07) is 12.8. The number of fused-ring (bicyclic) bond motifs is 1. The Balaban J connectivity index is 2.03. The van der Waals surface area contributed by atoms with Gasteiger partial charge in [-0.25, -0.2) is 0 Å². The van der Waals surface area contributed by atoms with E-state index in [1.165, 1.54) is 15.0 Å². The zero-order valence-electron chi connectivity index (χ0n) is 11.5. The van der Waals surface area contributed by atoms with Gasteiger partial charge in [0.25, 0.3) is 0 Å². The SMILES string of the molecule is CNC(c1cncc(OC)c1)c1cc2ccccc2s1. The van der Waals surface area contributed by atoms with Crippen molar-refractivity contribution >= 4 is 21.4 Å². The minimum atomic E-state index is 0.134. The van der Waals surface area contributed by atoms with E-state index < -0.39 is 0 Å². The number of methoxy groups -OCH3 is 1. The van der Waals surface area contributed by atoms with Crippen molar-refractivity contribution in [3.05, 3.63) is 59.2 Å². The predicted molar refractivity (Wildman–Crippen MR) is 83.5 cm³/mol. The number of aromatic nitrogens is 1. The normalized spacial score (nSPS) is 12.5. The summed E-state index contributed by atoms with van der Waals surface area (Å²) in [6.45, 7) is 0. The highest BCUT2D eigenvalue weighted by atomic mass is 32.1. The lowest BCUT2D eigenvalue weighted by molar-refractivity contribution is 0.411. The molecule has 0 radical (unpaired) electrons. The number of thiophene rings is 1. The van der Waals surface area contributed by atoms with Gasteiger partial charge in [0.2, 0.25) is 0 Å². The summed E-state index contributed by atoms with van der Waals surface area (Å²) in [5.74, 6) is 0.781. The van der Waals surface area contributed by atoms with Crippen molar-refractivity contribution in [2.45, 2.75) is 6.04 Å². The van der Waals surface area contributed by atoms with Crippen LogP contribution in [0.1, 0.15) is 16.5 Å². The van der Waals surface area contributed by atoms with Crippen molar-refractivity contribution in [2.24, 2.45) is 0 Å². The van der Waals surface area contributed by atoms with E-state index in [1.807, 2.05) is 30.6 Å². The fourth-order valence-electron chi connectivity index (χ4n) is 2.32. The molecule has 0 saturated heterocycles. The van der Waals surface area contributed by atoms with E-state index in [-0.39, 0.29) is 6.04 Å². The number of hydrogen-bond donors (Lipinski definition) is 1. The van der Waals surface area contributed by atoms with Crippen LogP contribution >= 0.6 is 11.3 Å². The second-order valence-corrected chi connectivity index (χ2v) is 5.68. The summed E-state index contributed by atoms with van der Waals surface area (Å²) in [5, 5.41) is 4.64. The fraction of sp³-hybridized carbons (Fsp3) is 0.188. The van der Waals surface area contributed by atoms with Gasteiger partial charge in [-0.3, -0.25) is 4.98 Å². The van der Waals surface area contributed by atoms with E-state index >= 15 is 0 Å². The molecule has 1 atom stereocenters. The first-order chi connectivity index (χ1) is 9.81. The summed E-state index contributed by atoms with van der Waals surface area (Å²) >= 11 is 1.81. The van der Waals surface area contributed by atoms with Crippen LogP contribution in [0.4, 0.5) is 0 Å². The minimum absolute atomic E-state index is 0.134. The number of benzene rings is 1. The molecule has 3 rings (SSSR count). The van der Waals surface area contributed by atoms with Crippen LogP contribution in [0.25, 0.3) is 10.1 Å². The molecule has 0 bridgehead atoms. The standard InChI is InChI=1S/C16H16N2OS/c1-17-16(12-7-13(19-2)10-18-9-12)15-8-11-5-3-4-6-14(11)20-15/h3-10,16-17H,1-2H3. The second kappa shape index (κ2) is 5.61. The van der Waals surface area contributed by atoms with Crippen LogP contribution in [0, 0.1) is 0 Å². The first-order valence-corrected chi connectivity index (χ1v) is 7.28. The molecule has 4 heteroatoms. The van der Waals surface area contributed by atoms with Gasteiger partial charge in [-0.2, -0.15) is 0 Å². The average Bonchev–Trinajstić information content (AvgIpc) is 2.91. The molecule has 0 spiro atoms. The summed E-state index contributed by atoms with van der Waals surface area (Å²) in [4.78, 5) is 5.52. The number of ether oxygens (including phenoxy) is 1. The molecule has 2 heterocycles. The van der Waals surface area contributed by atoms with Crippen molar-refractivity contribution in [3.8, 4) is 5.75 Å². The van der Waals surface area contributed by atoms with Crippen molar-refractivity contribution < 1.29 is 4.74 Å². The van der Waals surface area contributed by atoms with E-state index in [9.17, 15) is 0 Å². The Morgan fingerprint density at radius 2 is 2.05 bits per heavy atom. The van der Waals surface area contributed by atoms with E-state index in [0.29, 0.717) is 0 Å². The van der Waals surface area contributed by atoms with E-state index in [0.717, 1.165) is 11.3 Å². The number of pyridine rings is 1. The number of nitrogens with one attached hydrogen (secondary N) is 1. The maximum Gasteiger partial charge on any atom is 0.137 e. The summed E-state index contributed by atoms with van der Waals surface area (Å²) in [7, 11) is 3.63. The molecule has 3 aromatic rings. The topological polar surface area (TPSA) is 34.2 Å². The lowest BCUT2D eigenvalue weighted by atomic mass is 10.1. The van der Waals surface area contributed by atoms with Crippen LogP contribution in [0.15, 0.2) is 48.8 Å². The van der Waals surface area contributed by atoms with Gasteiger partial charge in [-0.1, -0.05) is 18.2 Å². The Morgan fingerprint density at radius 1 is 1.20 bits per heavy atom. The highest BCUT2D eigenvalue weighted by Gasteiger charge is 2.15. The van der Waals surface area contributed by atoms with Crippen molar-refractivity contribution in [1.82, 2.24) is 10.3 Å². The zero-order chi connectivity index (χ0) is 13.9. The lowest BCUT2D eigenvalue weighted by Gasteiger charge is -2.15. The molecule has 0 aliphatic carbocycles. The molecular weight excluding hydrogens is 268 g/mol. The molecule has 0 fully saturated rings. The van der Waals surface area contributed by atoms with E-state index in [1.54, 1.807) is 13.3 Å². The van der Waals surface area contributed by atoms with Gasteiger partial charge in [-0.05, 0) is 36.2 Å². The van der Waals surface area contributed by atoms with E-state index in [2.05, 4.69) is 40.6 Å². The molecule has 1 unspecified atom stereocenters. The third kappa shape index (κ3) is 2.40. The van der Waals surface area contributed by atoms with Crippen LogP contribution in [-0.4, -0.2) is 19.1 Å². The van der Waals surface area contributed by atoms with Crippen LogP contribution in [0.2, 0.25) is 0 Å². The molecule has 3 nitrogen and oxygen atoms in total. The Bertz CT molecular complexity index is 690.